The van der Waals surface area contributed by atoms with Gasteiger partial charge in [-0.3, -0.25) is 0 Å². The Balaban J connectivity index is 1.78. The van der Waals surface area contributed by atoms with Gasteiger partial charge in [0, 0.05) is 20.1 Å². The quantitative estimate of drug-likeness (QED) is 0.842. The first-order chi connectivity index (χ1) is 11.6. The molecule has 0 aliphatic carbocycles. The lowest BCUT2D eigenvalue weighted by molar-refractivity contribution is 0.207. The minimum Gasteiger partial charge on any atom is -0.494 e. The highest BCUT2D eigenvalue weighted by atomic mass is 19.1. The number of urea groups is 1. The fourth-order valence-electron chi connectivity index (χ4n) is 2.34. The second-order valence-electron chi connectivity index (χ2n) is 5.51. The van der Waals surface area contributed by atoms with Gasteiger partial charge in [0.25, 0.3) is 0 Å². The summed E-state index contributed by atoms with van der Waals surface area (Å²) in [5.41, 5.74) is 1.62. The van der Waals surface area contributed by atoms with Crippen LogP contribution in [0.25, 0.3) is 0 Å². The maximum absolute atomic E-state index is 13.5. The van der Waals surface area contributed by atoms with Crippen LogP contribution < -0.4 is 10.1 Å². The van der Waals surface area contributed by atoms with Crippen LogP contribution in [-0.4, -0.2) is 31.1 Å². The van der Waals surface area contributed by atoms with Gasteiger partial charge in [0.1, 0.15) is 11.6 Å². The lowest BCUT2D eigenvalue weighted by atomic mass is 10.1. The summed E-state index contributed by atoms with van der Waals surface area (Å²) in [6.45, 7) is 3.46. The Labute approximate surface area is 142 Å². The average Bonchev–Trinajstić information content (AvgIpc) is 2.58. The normalized spacial score (nSPS) is 10.3. The van der Waals surface area contributed by atoms with Crippen molar-refractivity contribution in [2.75, 3.05) is 20.2 Å². The van der Waals surface area contributed by atoms with Gasteiger partial charge < -0.3 is 15.0 Å². The Bertz CT molecular complexity index is 659. The van der Waals surface area contributed by atoms with E-state index in [-0.39, 0.29) is 11.8 Å². The van der Waals surface area contributed by atoms with Crippen molar-refractivity contribution in [2.45, 2.75) is 19.9 Å². The molecule has 0 atom stereocenters. The number of hydrogen-bond acceptors (Lipinski definition) is 2. The molecule has 2 aromatic rings. The van der Waals surface area contributed by atoms with Crippen molar-refractivity contribution in [1.82, 2.24) is 10.2 Å². The molecule has 5 heteroatoms. The van der Waals surface area contributed by atoms with Crippen molar-refractivity contribution < 1.29 is 13.9 Å². The number of nitrogens with zero attached hydrogens (tertiary/aromatic N) is 1. The van der Waals surface area contributed by atoms with Gasteiger partial charge in [-0.05, 0) is 42.7 Å². The fourth-order valence-corrected chi connectivity index (χ4v) is 2.34. The highest BCUT2D eigenvalue weighted by Crippen LogP contribution is 2.13. The summed E-state index contributed by atoms with van der Waals surface area (Å²) in [6, 6.07) is 14.1. The molecule has 0 saturated carbocycles. The first-order valence-corrected chi connectivity index (χ1v) is 8.04. The second-order valence-corrected chi connectivity index (χ2v) is 5.51. The number of nitrogens with one attached hydrogen (secondary N) is 1. The van der Waals surface area contributed by atoms with Crippen molar-refractivity contribution in [2.24, 2.45) is 0 Å². The number of carbonyl (C=O) groups excluding carboxylic acids is 1. The van der Waals surface area contributed by atoms with Crippen molar-refractivity contribution in [3.63, 3.8) is 0 Å². The maximum Gasteiger partial charge on any atom is 0.317 e. The number of amides is 2. The van der Waals surface area contributed by atoms with Gasteiger partial charge in [-0.15, -0.1) is 0 Å². The Morgan fingerprint density at radius 1 is 1.17 bits per heavy atom. The van der Waals surface area contributed by atoms with Gasteiger partial charge in [-0.2, -0.15) is 0 Å². The van der Waals surface area contributed by atoms with E-state index in [9.17, 15) is 9.18 Å². The molecule has 2 aromatic carbocycles. The summed E-state index contributed by atoms with van der Waals surface area (Å²) in [5.74, 6) is 0.577. The van der Waals surface area contributed by atoms with Crippen LogP contribution in [0.3, 0.4) is 0 Å². The minimum absolute atomic E-state index is 0.180. The van der Waals surface area contributed by atoms with E-state index in [1.54, 1.807) is 30.1 Å². The molecular formula is C19H23FN2O2. The number of hydrogen-bond donors (Lipinski definition) is 1. The molecular weight excluding hydrogens is 307 g/mol. The predicted molar refractivity (Wildman–Crippen MR) is 92.6 cm³/mol. The lowest BCUT2D eigenvalue weighted by Crippen LogP contribution is -2.37. The number of rotatable bonds is 7. The molecule has 1 N–H and O–H groups in total. The van der Waals surface area contributed by atoms with Crippen molar-refractivity contribution in [3.8, 4) is 5.75 Å². The van der Waals surface area contributed by atoms with Crippen LogP contribution in [0.15, 0.2) is 48.5 Å². The summed E-state index contributed by atoms with van der Waals surface area (Å²) in [6.07, 6.45) is 0.468. The molecule has 0 saturated heterocycles. The molecule has 0 heterocycles. The van der Waals surface area contributed by atoms with E-state index in [1.165, 1.54) is 6.07 Å². The molecule has 0 unspecified atom stereocenters. The zero-order valence-corrected chi connectivity index (χ0v) is 14.1. The first-order valence-electron chi connectivity index (χ1n) is 8.04. The molecule has 2 amide bonds. The number of halogens is 1. The van der Waals surface area contributed by atoms with Crippen molar-refractivity contribution in [1.29, 1.82) is 0 Å². The Morgan fingerprint density at radius 3 is 2.54 bits per heavy atom. The predicted octanol–water partition coefficient (Wildman–Crippen LogP) is 3.61. The van der Waals surface area contributed by atoms with E-state index in [2.05, 4.69) is 5.32 Å². The third-order valence-corrected chi connectivity index (χ3v) is 3.63. The number of benzene rings is 2. The third kappa shape index (κ3) is 5.26. The molecule has 2 rings (SSSR count). The van der Waals surface area contributed by atoms with Crippen LogP contribution in [0.1, 0.15) is 18.1 Å². The van der Waals surface area contributed by atoms with Gasteiger partial charge in [0.05, 0.1) is 6.61 Å². The van der Waals surface area contributed by atoms with Gasteiger partial charge in [-0.25, -0.2) is 9.18 Å². The van der Waals surface area contributed by atoms with E-state index in [4.69, 9.17) is 4.74 Å². The van der Waals surface area contributed by atoms with Crippen LogP contribution in [0.2, 0.25) is 0 Å². The highest BCUT2D eigenvalue weighted by molar-refractivity contribution is 5.73. The molecule has 0 aliphatic heterocycles. The third-order valence-electron chi connectivity index (χ3n) is 3.63. The van der Waals surface area contributed by atoms with Gasteiger partial charge in [0.15, 0.2) is 0 Å². The highest BCUT2D eigenvalue weighted by Gasteiger charge is 2.09. The lowest BCUT2D eigenvalue weighted by Gasteiger charge is -2.18. The van der Waals surface area contributed by atoms with Gasteiger partial charge in [-0.1, -0.05) is 30.3 Å². The number of ether oxygens (including phenoxy) is 1. The number of carbonyl (C=O) groups is 1. The second kappa shape index (κ2) is 8.91. The Kier molecular flexibility index (Phi) is 6.61. The van der Waals surface area contributed by atoms with E-state index in [0.29, 0.717) is 31.7 Å². The molecule has 24 heavy (non-hydrogen) atoms. The molecule has 4 nitrogen and oxygen atoms in total. The van der Waals surface area contributed by atoms with Crippen LogP contribution >= 0.6 is 0 Å². The van der Waals surface area contributed by atoms with Crippen LogP contribution in [-0.2, 0) is 13.0 Å². The van der Waals surface area contributed by atoms with Crippen LogP contribution in [0.4, 0.5) is 9.18 Å². The largest absolute Gasteiger partial charge is 0.494 e. The summed E-state index contributed by atoms with van der Waals surface area (Å²) < 4.78 is 18.9. The summed E-state index contributed by atoms with van der Waals surface area (Å²) in [4.78, 5) is 13.7. The average molecular weight is 330 g/mol. The molecule has 0 bridgehead atoms. The molecule has 0 aliphatic rings. The zero-order chi connectivity index (χ0) is 17.4. The maximum atomic E-state index is 13.5. The molecule has 0 aromatic heterocycles. The van der Waals surface area contributed by atoms with Gasteiger partial charge in [0.2, 0.25) is 0 Å². The Morgan fingerprint density at radius 2 is 1.88 bits per heavy atom. The van der Waals surface area contributed by atoms with Crippen molar-refractivity contribution in [3.05, 3.63) is 65.5 Å². The molecule has 0 radical (unpaired) electrons. The van der Waals surface area contributed by atoms with Crippen molar-refractivity contribution >= 4 is 6.03 Å². The summed E-state index contributed by atoms with van der Waals surface area (Å²) >= 11 is 0. The first kappa shape index (κ1) is 17.8. The van der Waals surface area contributed by atoms with E-state index < -0.39 is 0 Å². The molecule has 128 valence electrons. The van der Waals surface area contributed by atoms with E-state index in [1.807, 2.05) is 31.2 Å². The van der Waals surface area contributed by atoms with Gasteiger partial charge >= 0.3 is 6.03 Å². The van der Waals surface area contributed by atoms with E-state index in [0.717, 1.165) is 11.3 Å². The van der Waals surface area contributed by atoms with Crippen LogP contribution in [0.5, 0.6) is 5.75 Å². The molecule has 0 fully saturated rings. The topological polar surface area (TPSA) is 41.6 Å². The van der Waals surface area contributed by atoms with E-state index >= 15 is 0 Å². The summed E-state index contributed by atoms with van der Waals surface area (Å²) in [7, 11) is 1.73. The molecule has 0 spiro atoms. The Hall–Kier alpha value is -2.56. The standard InChI is InChI=1S/C19H23FN2O2/c1-3-24-17-10-8-15(9-11-17)14-22(2)19(23)21-13-12-16-6-4-5-7-18(16)20/h4-11H,3,12-14H2,1-2H3,(H,21,23). The fraction of sp³-hybridized carbons (Fsp3) is 0.316. The smallest absolute Gasteiger partial charge is 0.317 e. The zero-order valence-electron chi connectivity index (χ0n) is 14.1. The summed E-state index contributed by atoms with van der Waals surface area (Å²) in [5, 5.41) is 2.81. The SMILES string of the molecule is CCOc1ccc(CN(C)C(=O)NCCc2ccccc2F)cc1. The monoisotopic (exact) mass is 330 g/mol. The minimum atomic E-state index is -0.241. The van der Waals surface area contributed by atoms with Crippen LogP contribution in [0, 0.1) is 5.82 Å².